The second-order valence-corrected chi connectivity index (χ2v) is 5.50. The molecule has 0 radical (unpaired) electrons. The number of carboxylic acid groups (broad SMARTS) is 1. The molecule has 1 aromatic rings. The molecule has 2 atom stereocenters. The zero-order valence-electron chi connectivity index (χ0n) is 13.0. The van der Waals surface area contributed by atoms with Gasteiger partial charge in [-0.2, -0.15) is 0 Å². The van der Waals surface area contributed by atoms with Crippen LogP contribution >= 0.6 is 0 Å². The number of allylic oxidation sites excluding steroid dienone is 2. The lowest BCUT2D eigenvalue weighted by Crippen LogP contribution is -2.34. The topological polar surface area (TPSA) is 92.7 Å². The van der Waals surface area contributed by atoms with Crippen LogP contribution in [-0.4, -0.2) is 30.1 Å². The summed E-state index contributed by atoms with van der Waals surface area (Å²) in [5, 5.41) is 12.0. The third-order valence-corrected chi connectivity index (χ3v) is 3.99. The molecule has 0 saturated carbocycles. The molecule has 1 aromatic carbocycles. The molecule has 0 unspecified atom stereocenters. The molecule has 0 heterocycles. The lowest BCUT2D eigenvalue weighted by atomic mass is 9.82. The Bertz CT molecular complexity index is 665. The van der Waals surface area contributed by atoms with Crippen molar-refractivity contribution in [2.75, 3.05) is 12.4 Å². The van der Waals surface area contributed by atoms with Crippen LogP contribution in [0.1, 0.15) is 28.8 Å². The van der Waals surface area contributed by atoms with Crippen LogP contribution in [0.3, 0.4) is 0 Å². The lowest BCUT2D eigenvalue weighted by molar-refractivity contribution is -0.146. The molecule has 0 aliphatic heterocycles. The van der Waals surface area contributed by atoms with Crippen molar-refractivity contribution in [1.82, 2.24) is 0 Å². The highest BCUT2D eigenvalue weighted by Crippen LogP contribution is 2.28. The van der Waals surface area contributed by atoms with Crippen molar-refractivity contribution in [2.45, 2.75) is 19.8 Å². The molecule has 0 bridgehead atoms. The van der Waals surface area contributed by atoms with Crippen LogP contribution in [0.5, 0.6) is 0 Å². The molecule has 6 nitrogen and oxygen atoms in total. The Labute approximate surface area is 134 Å². The van der Waals surface area contributed by atoms with Gasteiger partial charge in [-0.3, -0.25) is 9.59 Å². The van der Waals surface area contributed by atoms with Gasteiger partial charge in [-0.25, -0.2) is 4.79 Å². The summed E-state index contributed by atoms with van der Waals surface area (Å²) in [5.41, 5.74) is 1.66. The van der Waals surface area contributed by atoms with Gasteiger partial charge in [-0.1, -0.05) is 12.2 Å². The third-order valence-electron chi connectivity index (χ3n) is 3.99. The largest absolute Gasteiger partial charge is 0.481 e. The Balaban J connectivity index is 2.15. The Hall–Kier alpha value is -2.63. The van der Waals surface area contributed by atoms with Crippen molar-refractivity contribution in [3.8, 4) is 0 Å². The minimum atomic E-state index is -0.965. The standard InChI is InChI=1S/C17H19NO5/c1-10-9-11(17(22)23-2)7-8-14(10)18-15(19)12-5-3-4-6-13(12)16(20)21/h3-4,7-9,12-13H,5-6H2,1-2H3,(H,18,19)(H,20,21)/t12-,13-/m0/s1. The van der Waals surface area contributed by atoms with Gasteiger partial charge in [0, 0.05) is 5.69 Å². The molecule has 1 aliphatic carbocycles. The number of amides is 1. The van der Waals surface area contributed by atoms with Crippen molar-refractivity contribution < 1.29 is 24.2 Å². The highest BCUT2D eigenvalue weighted by molar-refractivity contribution is 5.97. The molecule has 23 heavy (non-hydrogen) atoms. The summed E-state index contributed by atoms with van der Waals surface area (Å²) in [6.07, 6.45) is 4.38. The molecular weight excluding hydrogens is 298 g/mol. The van der Waals surface area contributed by atoms with Gasteiger partial charge in [0.2, 0.25) is 5.91 Å². The second-order valence-electron chi connectivity index (χ2n) is 5.50. The Morgan fingerprint density at radius 2 is 1.83 bits per heavy atom. The minimum Gasteiger partial charge on any atom is -0.481 e. The van der Waals surface area contributed by atoms with E-state index in [0.717, 1.165) is 0 Å². The molecular formula is C17H19NO5. The van der Waals surface area contributed by atoms with E-state index in [4.69, 9.17) is 0 Å². The number of hydrogen-bond acceptors (Lipinski definition) is 4. The van der Waals surface area contributed by atoms with E-state index in [1.54, 1.807) is 31.2 Å². The zero-order chi connectivity index (χ0) is 17.0. The summed E-state index contributed by atoms with van der Waals surface area (Å²) in [6, 6.07) is 4.80. The minimum absolute atomic E-state index is 0.323. The number of rotatable bonds is 4. The molecule has 0 aromatic heterocycles. The van der Waals surface area contributed by atoms with Gasteiger partial charge >= 0.3 is 11.9 Å². The number of carbonyl (C=O) groups excluding carboxylic acids is 2. The van der Waals surface area contributed by atoms with Crippen molar-refractivity contribution in [3.05, 3.63) is 41.5 Å². The quantitative estimate of drug-likeness (QED) is 0.657. The highest BCUT2D eigenvalue weighted by Gasteiger charge is 2.34. The van der Waals surface area contributed by atoms with E-state index < -0.39 is 23.8 Å². The number of esters is 1. The number of hydrogen-bond donors (Lipinski definition) is 2. The van der Waals surface area contributed by atoms with Gasteiger partial charge in [0.15, 0.2) is 0 Å². The van der Waals surface area contributed by atoms with Gasteiger partial charge in [0.25, 0.3) is 0 Å². The van der Waals surface area contributed by atoms with Gasteiger partial charge in [0.1, 0.15) is 0 Å². The fourth-order valence-electron chi connectivity index (χ4n) is 2.65. The van der Waals surface area contributed by atoms with Crippen molar-refractivity contribution in [3.63, 3.8) is 0 Å². The number of benzene rings is 1. The maximum atomic E-state index is 12.4. The van der Waals surface area contributed by atoms with Gasteiger partial charge in [0.05, 0.1) is 24.5 Å². The second kappa shape index (κ2) is 7.09. The Morgan fingerprint density at radius 1 is 1.17 bits per heavy atom. The number of nitrogens with one attached hydrogen (secondary N) is 1. The number of anilines is 1. The van der Waals surface area contributed by atoms with E-state index in [1.165, 1.54) is 7.11 Å². The average molecular weight is 317 g/mol. The number of aryl methyl sites for hydroxylation is 1. The maximum absolute atomic E-state index is 12.4. The number of aliphatic carboxylic acids is 1. The first kappa shape index (κ1) is 16.7. The molecule has 0 saturated heterocycles. The van der Waals surface area contributed by atoms with Crippen LogP contribution in [0.4, 0.5) is 5.69 Å². The summed E-state index contributed by atoms with van der Waals surface area (Å²) in [5.74, 6) is -3.05. The number of carboxylic acids is 1. The first-order chi connectivity index (χ1) is 10.9. The van der Waals surface area contributed by atoms with Crippen LogP contribution in [0.15, 0.2) is 30.4 Å². The summed E-state index contributed by atoms with van der Waals surface area (Å²) in [6.45, 7) is 1.76. The molecule has 6 heteroatoms. The molecule has 2 N–H and O–H groups in total. The van der Waals surface area contributed by atoms with E-state index in [-0.39, 0.29) is 5.91 Å². The summed E-state index contributed by atoms with van der Waals surface area (Å²) in [4.78, 5) is 35.2. The van der Waals surface area contributed by atoms with E-state index in [1.807, 2.05) is 6.08 Å². The summed E-state index contributed by atoms with van der Waals surface area (Å²) >= 11 is 0. The summed E-state index contributed by atoms with van der Waals surface area (Å²) < 4.78 is 4.65. The highest BCUT2D eigenvalue weighted by atomic mass is 16.5. The Kier molecular flexibility index (Phi) is 5.16. The fourth-order valence-corrected chi connectivity index (χ4v) is 2.65. The van der Waals surface area contributed by atoms with E-state index >= 15 is 0 Å². The van der Waals surface area contributed by atoms with Crippen LogP contribution in [0, 0.1) is 18.8 Å². The van der Waals surface area contributed by atoms with E-state index in [0.29, 0.717) is 29.7 Å². The SMILES string of the molecule is COC(=O)c1ccc(NC(=O)[C@H]2CC=CC[C@@H]2C(=O)O)c(C)c1. The average Bonchev–Trinajstić information content (AvgIpc) is 2.55. The van der Waals surface area contributed by atoms with Crippen molar-refractivity contribution >= 4 is 23.5 Å². The molecule has 1 amide bonds. The van der Waals surface area contributed by atoms with E-state index in [9.17, 15) is 19.5 Å². The first-order valence-electron chi connectivity index (χ1n) is 7.31. The normalized spacial score (nSPS) is 19.9. The predicted octanol–water partition coefficient (Wildman–Crippen LogP) is 2.39. The molecule has 122 valence electrons. The Morgan fingerprint density at radius 3 is 2.39 bits per heavy atom. The van der Waals surface area contributed by atoms with Crippen LogP contribution < -0.4 is 5.32 Å². The monoisotopic (exact) mass is 317 g/mol. The zero-order valence-corrected chi connectivity index (χ0v) is 13.0. The predicted molar refractivity (Wildman–Crippen MR) is 84.1 cm³/mol. The third kappa shape index (κ3) is 3.77. The molecule has 0 fully saturated rings. The smallest absolute Gasteiger partial charge is 0.337 e. The molecule has 2 rings (SSSR count). The number of ether oxygens (including phenoxy) is 1. The lowest BCUT2D eigenvalue weighted by Gasteiger charge is -2.24. The van der Waals surface area contributed by atoms with Crippen LogP contribution in [0.2, 0.25) is 0 Å². The molecule has 1 aliphatic rings. The fraction of sp³-hybridized carbons (Fsp3) is 0.353. The maximum Gasteiger partial charge on any atom is 0.337 e. The molecule has 0 spiro atoms. The van der Waals surface area contributed by atoms with Gasteiger partial charge in [-0.05, 0) is 43.5 Å². The number of methoxy groups -OCH3 is 1. The first-order valence-corrected chi connectivity index (χ1v) is 7.31. The van der Waals surface area contributed by atoms with Gasteiger partial charge < -0.3 is 15.2 Å². The van der Waals surface area contributed by atoms with Crippen LogP contribution in [0.25, 0.3) is 0 Å². The van der Waals surface area contributed by atoms with E-state index in [2.05, 4.69) is 10.1 Å². The summed E-state index contributed by atoms with van der Waals surface area (Å²) in [7, 11) is 1.30. The van der Waals surface area contributed by atoms with Crippen molar-refractivity contribution in [2.24, 2.45) is 11.8 Å². The number of carbonyl (C=O) groups is 3. The van der Waals surface area contributed by atoms with Crippen molar-refractivity contribution in [1.29, 1.82) is 0 Å². The van der Waals surface area contributed by atoms with Crippen LogP contribution in [-0.2, 0) is 14.3 Å². The van der Waals surface area contributed by atoms with Gasteiger partial charge in [-0.15, -0.1) is 0 Å².